The van der Waals surface area contributed by atoms with Crippen LogP contribution in [0, 0.1) is 0 Å². The van der Waals surface area contributed by atoms with E-state index >= 15 is 0 Å². The molecule has 16 heavy (non-hydrogen) atoms. The highest BCUT2D eigenvalue weighted by molar-refractivity contribution is 6.03. The molecule has 1 aromatic rings. The molecular weight excluding hydrogens is 206 g/mol. The Bertz CT molecular complexity index is 402. The van der Waals surface area contributed by atoms with Crippen LogP contribution in [0.15, 0.2) is 29.4 Å². The van der Waals surface area contributed by atoms with Crippen molar-refractivity contribution in [3.63, 3.8) is 0 Å². The lowest BCUT2D eigenvalue weighted by molar-refractivity contribution is 0.249. The van der Waals surface area contributed by atoms with Crippen LogP contribution < -0.4 is 11.2 Å². The maximum atomic E-state index is 10.6. The monoisotopic (exact) mass is 221 g/mol. The van der Waals surface area contributed by atoms with Gasteiger partial charge in [-0.25, -0.2) is 10.2 Å². The molecule has 1 rings (SSSR count). The molecule has 0 aliphatic carbocycles. The smallest absolute Gasteiger partial charge is 0.332 e. The number of rotatable bonds is 4. The first-order chi connectivity index (χ1) is 7.65. The first-order valence-electron chi connectivity index (χ1n) is 5.05. The van der Waals surface area contributed by atoms with Gasteiger partial charge in [0.1, 0.15) is 5.75 Å². The molecular formula is C11H15N3O2. The minimum atomic E-state index is -0.718. The van der Waals surface area contributed by atoms with Crippen LogP contribution in [0.2, 0.25) is 0 Å². The van der Waals surface area contributed by atoms with E-state index in [2.05, 4.69) is 10.5 Å². The molecule has 0 atom stereocenters. The Morgan fingerprint density at radius 1 is 1.50 bits per heavy atom. The van der Waals surface area contributed by atoms with Crippen molar-refractivity contribution >= 4 is 11.7 Å². The minimum absolute atomic E-state index is 0.140. The number of hydrogen-bond donors (Lipinski definition) is 3. The zero-order valence-electron chi connectivity index (χ0n) is 9.10. The van der Waals surface area contributed by atoms with Gasteiger partial charge in [-0.1, -0.05) is 25.5 Å². The molecule has 0 saturated heterocycles. The summed E-state index contributed by atoms with van der Waals surface area (Å²) in [6.45, 7) is 1.99. The predicted molar refractivity (Wildman–Crippen MR) is 62.3 cm³/mol. The average Bonchev–Trinajstić information content (AvgIpc) is 2.25. The number of hydrazone groups is 1. The van der Waals surface area contributed by atoms with E-state index in [4.69, 9.17) is 5.73 Å². The second-order valence-corrected chi connectivity index (χ2v) is 3.30. The molecule has 0 aromatic heterocycles. The summed E-state index contributed by atoms with van der Waals surface area (Å²) < 4.78 is 0. The van der Waals surface area contributed by atoms with Crippen LogP contribution in [0.25, 0.3) is 0 Å². The second-order valence-electron chi connectivity index (χ2n) is 3.30. The molecule has 0 aliphatic heterocycles. The molecule has 0 unspecified atom stereocenters. The van der Waals surface area contributed by atoms with E-state index in [1.54, 1.807) is 24.3 Å². The number of nitrogens with two attached hydrogens (primary N) is 1. The summed E-state index contributed by atoms with van der Waals surface area (Å²) in [5, 5.41) is 13.5. The summed E-state index contributed by atoms with van der Waals surface area (Å²) in [5.74, 6) is 0.140. The number of primary amides is 1. The first kappa shape index (κ1) is 12.0. The molecule has 0 saturated carbocycles. The number of carbonyl (C=O) groups is 1. The van der Waals surface area contributed by atoms with Crippen molar-refractivity contribution in [1.29, 1.82) is 0 Å². The number of hydrogen-bond acceptors (Lipinski definition) is 3. The van der Waals surface area contributed by atoms with Crippen molar-refractivity contribution in [3.05, 3.63) is 29.8 Å². The fourth-order valence-corrected chi connectivity index (χ4v) is 1.33. The first-order valence-corrected chi connectivity index (χ1v) is 5.05. The fourth-order valence-electron chi connectivity index (χ4n) is 1.33. The molecule has 0 spiro atoms. The molecule has 5 heteroatoms. The number of urea groups is 1. The summed E-state index contributed by atoms with van der Waals surface area (Å²) in [6, 6.07) is 6.12. The maximum Gasteiger partial charge on any atom is 0.332 e. The van der Waals surface area contributed by atoms with Gasteiger partial charge in [0.15, 0.2) is 0 Å². The normalized spacial score (nSPS) is 11.2. The number of carbonyl (C=O) groups excluding carboxylic acids is 1. The van der Waals surface area contributed by atoms with Crippen LogP contribution in [0.4, 0.5) is 4.79 Å². The van der Waals surface area contributed by atoms with Gasteiger partial charge >= 0.3 is 6.03 Å². The highest BCUT2D eigenvalue weighted by Crippen LogP contribution is 2.18. The molecule has 0 heterocycles. The summed E-state index contributed by atoms with van der Waals surface area (Å²) in [5.41, 5.74) is 8.33. The van der Waals surface area contributed by atoms with Crippen molar-refractivity contribution in [2.24, 2.45) is 10.8 Å². The number of phenolic OH excluding ortho intramolecular Hbond substituents is 1. The standard InChI is InChI=1S/C11H15N3O2/c1-2-5-9(13-14-11(12)16)8-6-3-4-7-10(8)15/h3-4,6-7,15H,2,5H2,1H3,(H3,12,14,16)/b13-9+. The Morgan fingerprint density at radius 2 is 2.19 bits per heavy atom. The van der Waals surface area contributed by atoms with Crippen LogP contribution >= 0.6 is 0 Å². The van der Waals surface area contributed by atoms with Crippen molar-refractivity contribution in [3.8, 4) is 5.75 Å². The Labute approximate surface area is 94.0 Å². The molecule has 0 aliphatic rings. The molecule has 5 nitrogen and oxygen atoms in total. The number of nitrogens with zero attached hydrogens (tertiary/aromatic N) is 1. The van der Waals surface area contributed by atoms with E-state index in [0.717, 1.165) is 6.42 Å². The minimum Gasteiger partial charge on any atom is -0.507 e. The third kappa shape index (κ3) is 3.27. The van der Waals surface area contributed by atoms with Gasteiger partial charge < -0.3 is 10.8 Å². The van der Waals surface area contributed by atoms with E-state index in [-0.39, 0.29) is 5.75 Å². The summed E-state index contributed by atoms with van der Waals surface area (Å²) in [7, 11) is 0. The number of amides is 2. The van der Waals surface area contributed by atoms with Crippen molar-refractivity contribution in [2.75, 3.05) is 0 Å². The second kappa shape index (κ2) is 5.75. The van der Waals surface area contributed by atoms with E-state index in [0.29, 0.717) is 17.7 Å². The number of para-hydroxylation sites is 1. The zero-order chi connectivity index (χ0) is 12.0. The molecule has 2 amide bonds. The lowest BCUT2D eigenvalue weighted by atomic mass is 10.1. The van der Waals surface area contributed by atoms with Crippen LogP contribution in [0.1, 0.15) is 25.3 Å². The Morgan fingerprint density at radius 3 is 2.75 bits per heavy atom. The van der Waals surface area contributed by atoms with Gasteiger partial charge in [-0.2, -0.15) is 5.10 Å². The van der Waals surface area contributed by atoms with Crippen molar-refractivity contribution in [2.45, 2.75) is 19.8 Å². The Kier molecular flexibility index (Phi) is 4.32. The highest BCUT2D eigenvalue weighted by Gasteiger charge is 2.07. The lowest BCUT2D eigenvalue weighted by Crippen LogP contribution is -2.26. The molecule has 0 bridgehead atoms. The summed E-state index contributed by atoms with van der Waals surface area (Å²) >= 11 is 0. The Hall–Kier alpha value is -2.04. The van der Waals surface area contributed by atoms with Crippen molar-refractivity contribution in [1.82, 2.24) is 5.43 Å². The Balaban J connectivity index is 2.98. The van der Waals surface area contributed by atoms with Crippen LogP contribution in [-0.4, -0.2) is 16.8 Å². The number of aromatic hydroxyl groups is 1. The van der Waals surface area contributed by atoms with E-state index in [9.17, 15) is 9.90 Å². The van der Waals surface area contributed by atoms with Crippen molar-refractivity contribution < 1.29 is 9.90 Å². The highest BCUT2D eigenvalue weighted by atomic mass is 16.3. The van der Waals surface area contributed by atoms with Gasteiger partial charge in [0.25, 0.3) is 0 Å². The molecule has 86 valence electrons. The molecule has 4 N–H and O–H groups in total. The SMILES string of the molecule is CCC/C(=N\NC(N)=O)c1ccccc1O. The largest absolute Gasteiger partial charge is 0.507 e. The lowest BCUT2D eigenvalue weighted by Gasteiger charge is -2.07. The van der Waals surface area contributed by atoms with Crippen LogP contribution in [0.5, 0.6) is 5.75 Å². The number of nitrogens with one attached hydrogen (secondary N) is 1. The maximum absolute atomic E-state index is 10.6. The van der Waals surface area contributed by atoms with E-state index in [1.165, 1.54) is 0 Å². The van der Waals surface area contributed by atoms with Crippen LogP contribution in [-0.2, 0) is 0 Å². The van der Waals surface area contributed by atoms with Gasteiger partial charge in [0.05, 0.1) is 5.71 Å². The average molecular weight is 221 g/mol. The number of benzene rings is 1. The van der Waals surface area contributed by atoms with Gasteiger partial charge in [0, 0.05) is 5.56 Å². The zero-order valence-corrected chi connectivity index (χ0v) is 9.10. The van der Waals surface area contributed by atoms with Gasteiger partial charge in [-0.15, -0.1) is 0 Å². The summed E-state index contributed by atoms with van der Waals surface area (Å²) in [6.07, 6.45) is 1.51. The van der Waals surface area contributed by atoms with Gasteiger partial charge in [-0.05, 0) is 18.6 Å². The van der Waals surface area contributed by atoms with Gasteiger partial charge in [-0.3, -0.25) is 0 Å². The molecule has 0 radical (unpaired) electrons. The third-order valence-electron chi connectivity index (χ3n) is 2.00. The van der Waals surface area contributed by atoms with E-state index < -0.39 is 6.03 Å². The quantitative estimate of drug-likeness (QED) is 0.532. The van der Waals surface area contributed by atoms with Crippen LogP contribution in [0.3, 0.4) is 0 Å². The van der Waals surface area contributed by atoms with E-state index in [1.807, 2.05) is 6.92 Å². The predicted octanol–water partition coefficient (Wildman–Crippen LogP) is 1.56. The molecule has 0 fully saturated rings. The summed E-state index contributed by atoms with van der Waals surface area (Å²) in [4.78, 5) is 10.6. The topological polar surface area (TPSA) is 87.7 Å². The number of phenols is 1. The fraction of sp³-hybridized carbons (Fsp3) is 0.273. The molecule has 1 aromatic carbocycles. The van der Waals surface area contributed by atoms with Gasteiger partial charge in [0.2, 0.25) is 0 Å². The third-order valence-corrected chi connectivity index (χ3v) is 2.00.